The third kappa shape index (κ3) is 4.56. The number of rotatable bonds is 4. The first-order valence-corrected chi connectivity index (χ1v) is 9.32. The molecule has 150 valence electrons. The molecule has 0 atom stereocenters. The maximum atomic E-state index is 13.7. The molecule has 7 nitrogen and oxygen atoms in total. The molecule has 9 heteroatoms. The number of urea groups is 1. The highest BCUT2D eigenvalue weighted by Crippen LogP contribution is 2.24. The molecule has 29 heavy (non-hydrogen) atoms. The molecule has 1 aliphatic rings. The SMILES string of the molecule is O=C(Nc1cc(F)ccc1F)N1CCC(Cc2nc(-c3ccncc3)no2)CC1. The van der Waals surface area contributed by atoms with Crippen molar-refractivity contribution in [3.05, 3.63) is 60.3 Å². The van der Waals surface area contributed by atoms with Crippen molar-refractivity contribution in [2.75, 3.05) is 18.4 Å². The van der Waals surface area contributed by atoms with Crippen LogP contribution in [0.3, 0.4) is 0 Å². The van der Waals surface area contributed by atoms with E-state index >= 15 is 0 Å². The van der Waals surface area contributed by atoms with Gasteiger partial charge in [0.25, 0.3) is 0 Å². The number of pyridine rings is 1. The minimum absolute atomic E-state index is 0.161. The standard InChI is InChI=1S/C20H19F2N5O2/c21-15-1-2-16(22)17(12-15)24-20(28)27-9-5-13(6-10-27)11-18-25-19(26-29-18)14-3-7-23-8-4-14/h1-4,7-8,12-13H,5-6,9-11H2,(H,24,28). The highest BCUT2D eigenvalue weighted by Gasteiger charge is 2.25. The summed E-state index contributed by atoms with van der Waals surface area (Å²) < 4.78 is 32.3. The molecular weight excluding hydrogens is 380 g/mol. The summed E-state index contributed by atoms with van der Waals surface area (Å²) in [6.45, 7) is 1.03. The lowest BCUT2D eigenvalue weighted by Crippen LogP contribution is -2.41. The van der Waals surface area contributed by atoms with Gasteiger partial charge < -0.3 is 14.7 Å². The zero-order valence-corrected chi connectivity index (χ0v) is 15.5. The van der Waals surface area contributed by atoms with Crippen LogP contribution in [-0.2, 0) is 6.42 Å². The lowest BCUT2D eigenvalue weighted by atomic mass is 9.94. The third-order valence-electron chi connectivity index (χ3n) is 4.94. The number of aromatic nitrogens is 3. The van der Waals surface area contributed by atoms with E-state index in [4.69, 9.17) is 4.52 Å². The molecule has 1 aromatic carbocycles. The van der Waals surface area contributed by atoms with Gasteiger partial charge in [0.05, 0.1) is 5.69 Å². The molecule has 0 radical (unpaired) electrons. The molecule has 0 aliphatic carbocycles. The van der Waals surface area contributed by atoms with E-state index in [-0.39, 0.29) is 5.69 Å². The summed E-state index contributed by atoms with van der Waals surface area (Å²) in [5.41, 5.74) is 0.678. The highest BCUT2D eigenvalue weighted by molar-refractivity contribution is 5.89. The minimum atomic E-state index is -0.670. The monoisotopic (exact) mass is 399 g/mol. The molecule has 1 N–H and O–H groups in total. The first-order chi connectivity index (χ1) is 14.1. The summed E-state index contributed by atoms with van der Waals surface area (Å²) in [6.07, 6.45) is 5.48. The molecule has 1 fully saturated rings. The number of benzene rings is 1. The molecule has 0 bridgehead atoms. The normalized spacial score (nSPS) is 14.8. The number of carbonyl (C=O) groups is 1. The second-order valence-corrected chi connectivity index (χ2v) is 6.94. The van der Waals surface area contributed by atoms with Crippen LogP contribution >= 0.6 is 0 Å². The fourth-order valence-corrected chi connectivity index (χ4v) is 3.33. The van der Waals surface area contributed by atoms with Crippen LogP contribution < -0.4 is 5.32 Å². The maximum absolute atomic E-state index is 13.7. The molecule has 1 aliphatic heterocycles. The molecule has 0 saturated carbocycles. The number of halogens is 2. The smallest absolute Gasteiger partial charge is 0.321 e. The van der Waals surface area contributed by atoms with Gasteiger partial charge in [0.1, 0.15) is 11.6 Å². The first kappa shape index (κ1) is 19.0. The Morgan fingerprint density at radius 3 is 2.69 bits per heavy atom. The number of nitrogens with one attached hydrogen (secondary N) is 1. The number of carbonyl (C=O) groups excluding carboxylic acids is 1. The number of likely N-dealkylation sites (tertiary alicyclic amines) is 1. The van der Waals surface area contributed by atoms with E-state index in [1.807, 2.05) is 12.1 Å². The largest absolute Gasteiger partial charge is 0.339 e. The first-order valence-electron chi connectivity index (χ1n) is 9.32. The van der Waals surface area contributed by atoms with Crippen LogP contribution in [0.25, 0.3) is 11.4 Å². The quantitative estimate of drug-likeness (QED) is 0.719. The van der Waals surface area contributed by atoms with Crippen molar-refractivity contribution in [1.29, 1.82) is 0 Å². The van der Waals surface area contributed by atoms with Crippen LogP contribution in [0.5, 0.6) is 0 Å². The molecule has 0 spiro atoms. The summed E-state index contributed by atoms with van der Waals surface area (Å²) in [7, 11) is 0. The molecule has 3 aromatic rings. The molecule has 2 aromatic heterocycles. The van der Waals surface area contributed by atoms with Crippen molar-refractivity contribution in [3.63, 3.8) is 0 Å². The number of piperidine rings is 1. The van der Waals surface area contributed by atoms with Gasteiger partial charge in [-0.1, -0.05) is 5.16 Å². The average Bonchev–Trinajstić information content (AvgIpc) is 3.20. The van der Waals surface area contributed by atoms with Gasteiger partial charge in [-0.3, -0.25) is 4.98 Å². The van der Waals surface area contributed by atoms with Crippen molar-refractivity contribution >= 4 is 11.7 Å². The lowest BCUT2D eigenvalue weighted by Gasteiger charge is -2.31. The zero-order chi connectivity index (χ0) is 20.2. The molecular formula is C20H19F2N5O2. The van der Waals surface area contributed by atoms with Crippen LogP contribution in [0.1, 0.15) is 18.7 Å². The molecule has 1 saturated heterocycles. The molecule has 2 amide bonds. The van der Waals surface area contributed by atoms with Gasteiger partial charge in [0.15, 0.2) is 0 Å². The van der Waals surface area contributed by atoms with Crippen LogP contribution in [0.2, 0.25) is 0 Å². The Labute approximate surface area is 165 Å². The lowest BCUT2D eigenvalue weighted by molar-refractivity contribution is 0.179. The summed E-state index contributed by atoms with van der Waals surface area (Å²) in [5.74, 6) is 0.107. The van der Waals surface area contributed by atoms with Crippen LogP contribution in [0, 0.1) is 17.6 Å². The third-order valence-corrected chi connectivity index (χ3v) is 4.94. The van der Waals surface area contributed by atoms with Gasteiger partial charge in [0.2, 0.25) is 11.7 Å². The number of amides is 2. The van der Waals surface area contributed by atoms with E-state index in [1.54, 1.807) is 17.3 Å². The van der Waals surface area contributed by atoms with Gasteiger partial charge in [0, 0.05) is 43.5 Å². The van der Waals surface area contributed by atoms with Gasteiger partial charge in [-0.05, 0) is 43.0 Å². The minimum Gasteiger partial charge on any atom is -0.339 e. The zero-order valence-electron chi connectivity index (χ0n) is 15.5. The van der Waals surface area contributed by atoms with Crippen LogP contribution in [-0.4, -0.2) is 39.1 Å². The topological polar surface area (TPSA) is 84.2 Å². The summed E-state index contributed by atoms with van der Waals surface area (Å²) in [6, 6.07) is 6.15. The van der Waals surface area contributed by atoms with Crippen molar-refractivity contribution < 1.29 is 18.1 Å². The van der Waals surface area contributed by atoms with Crippen LogP contribution in [0.4, 0.5) is 19.3 Å². The fourth-order valence-electron chi connectivity index (χ4n) is 3.33. The predicted octanol–water partition coefficient (Wildman–Crippen LogP) is 3.90. The Bertz CT molecular complexity index is 988. The molecule has 4 rings (SSSR count). The van der Waals surface area contributed by atoms with Crippen molar-refractivity contribution in [2.45, 2.75) is 19.3 Å². The van der Waals surface area contributed by atoms with Crippen LogP contribution in [0.15, 0.2) is 47.2 Å². The Balaban J connectivity index is 1.30. The number of anilines is 1. The number of hydrogen-bond donors (Lipinski definition) is 1. The van der Waals surface area contributed by atoms with Crippen molar-refractivity contribution in [1.82, 2.24) is 20.0 Å². The Kier molecular flexibility index (Phi) is 5.46. The molecule has 0 unspecified atom stereocenters. The van der Waals surface area contributed by atoms with Gasteiger partial charge in [-0.25, -0.2) is 13.6 Å². The van der Waals surface area contributed by atoms with E-state index in [1.165, 1.54) is 0 Å². The van der Waals surface area contributed by atoms with Crippen molar-refractivity contribution in [2.24, 2.45) is 5.92 Å². The number of hydrogen-bond acceptors (Lipinski definition) is 5. The summed E-state index contributed by atoms with van der Waals surface area (Å²) >= 11 is 0. The summed E-state index contributed by atoms with van der Waals surface area (Å²) in [4.78, 5) is 22.3. The summed E-state index contributed by atoms with van der Waals surface area (Å²) in [5, 5.41) is 6.44. The van der Waals surface area contributed by atoms with Gasteiger partial charge in [-0.15, -0.1) is 0 Å². The average molecular weight is 399 g/mol. The van der Waals surface area contributed by atoms with E-state index in [2.05, 4.69) is 20.4 Å². The van der Waals surface area contributed by atoms with Crippen molar-refractivity contribution in [3.8, 4) is 11.4 Å². The van der Waals surface area contributed by atoms with E-state index < -0.39 is 17.7 Å². The second kappa shape index (κ2) is 8.34. The fraction of sp³-hybridized carbons (Fsp3) is 0.300. The van der Waals surface area contributed by atoms with Gasteiger partial charge >= 0.3 is 6.03 Å². The highest BCUT2D eigenvalue weighted by atomic mass is 19.1. The van der Waals surface area contributed by atoms with E-state index in [0.29, 0.717) is 37.1 Å². The second-order valence-electron chi connectivity index (χ2n) is 6.94. The Hall–Kier alpha value is -3.36. The van der Waals surface area contributed by atoms with E-state index in [0.717, 1.165) is 36.6 Å². The molecule has 3 heterocycles. The van der Waals surface area contributed by atoms with E-state index in [9.17, 15) is 13.6 Å². The van der Waals surface area contributed by atoms with Gasteiger partial charge in [-0.2, -0.15) is 4.98 Å². The number of nitrogens with zero attached hydrogens (tertiary/aromatic N) is 4. The maximum Gasteiger partial charge on any atom is 0.321 e. The Morgan fingerprint density at radius 1 is 1.17 bits per heavy atom. The Morgan fingerprint density at radius 2 is 1.93 bits per heavy atom. The predicted molar refractivity (Wildman–Crippen MR) is 101 cm³/mol.